The first-order valence-electron chi connectivity index (χ1n) is 7.85. The lowest BCUT2D eigenvalue weighted by atomic mass is 10.1. The Morgan fingerprint density at radius 1 is 1.25 bits per heavy atom. The number of likely N-dealkylation sites (N-methyl/N-ethyl adjacent to an activating group) is 1. The van der Waals surface area contributed by atoms with Gasteiger partial charge in [-0.25, -0.2) is 4.39 Å². The molecular formula is C19H23FN2O2. The van der Waals surface area contributed by atoms with E-state index in [0.717, 1.165) is 16.9 Å². The van der Waals surface area contributed by atoms with E-state index in [4.69, 9.17) is 4.74 Å². The van der Waals surface area contributed by atoms with Crippen molar-refractivity contribution in [1.29, 1.82) is 0 Å². The van der Waals surface area contributed by atoms with Gasteiger partial charge in [0.05, 0.1) is 13.2 Å². The van der Waals surface area contributed by atoms with Crippen molar-refractivity contribution in [2.24, 2.45) is 0 Å². The summed E-state index contributed by atoms with van der Waals surface area (Å²) in [6.07, 6.45) is 0. The number of methoxy groups -OCH3 is 1. The molecule has 2 aromatic carbocycles. The maximum Gasteiger partial charge on any atom is 0.237 e. The number of rotatable bonds is 7. The van der Waals surface area contributed by atoms with Crippen molar-refractivity contribution in [3.8, 4) is 5.75 Å². The third-order valence-electron chi connectivity index (χ3n) is 4.01. The van der Waals surface area contributed by atoms with Crippen LogP contribution < -0.4 is 10.1 Å². The fourth-order valence-corrected chi connectivity index (χ4v) is 2.44. The first-order valence-corrected chi connectivity index (χ1v) is 7.85. The monoisotopic (exact) mass is 330 g/mol. The molecule has 4 nitrogen and oxygen atoms in total. The summed E-state index contributed by atoms with van der Waals surface area (Å²) in [5.74, 6) is 0.396. The Bertz CT molecular complexity index is 691. The third kappa shape index (κ3) is 4.80. The molecule has 1 amide bonds. The number of ether oxygens (including phenoxy) is 1. The van der Waals surface area contributed by atoms with Crippen molar-refractivity contribution in [3.63, 3.8) is 0 Å². The molecule has 1 atom stereocenters. The molecule has 1 N–H and O–H groups in total. The average Bonchev–Trinajstić information content (AvgIpc) is 2.59. The van der Waals surface area contributed by atoms with Crippen LogP contribution in [0.25, 0.3) is 0 Å². The lowest BCUT2D eigenvalue weighted by Gasteiger charge is -2.24. The van der Waals surface area contributed by atoms with E-state index < -0.39 is 0 Å². The number of nitrogens with zero attached hydrogens (tertiary/aromatic N) is 1. The van der Waals surface area contributed by atoms with Gasteiger partial charge in [0.2, 0.25) is 5.91 Å². The van der Waals surface area contributed by atoms with Gasteiger partial charge >= 0.3 is 0 Å². The number of halogens is 1. The van der Waals surface area contributed by atoms with Crippen LogP contribution in [0, 0.1) is 5.82 Å². The molecule has 0 radical (unpaired) electrons. The van der Waals surface area contributed by atoms with Crippen molar-refractivity contribution in [1.82, 2.24) is 10.2 Å². The number of amides is 1. The summed E-state index contributed by atoms with van der Waals surface area (Å²) in [4.78, 5) is 14.2. The standard InChI is InChI=1S/C19H23FN2O2/c1-14(22(2)13-15-7-6-9-17(20)11-15)19(23)21-12-16-8-4-5-10-18(16)24-3/h4-11,14H,12-13H2,1-3H3,(H,21,23). The minimum absolute atomic E-state index is 0.0835. The van der Waals surface area contributed by atoms with E-state index in [1.54, 1.807) is 13.2 Å². The molecule has 0 aliphatic rings. The Morgan fingerprint density at radius 2 is 2.00 bits per heavy atom. The molecule has 0 fully saturated rings. The SMILES string of the molecule is COc1ccccc1CNC(=O)C(C)N(C)Cc1cccc(F)c1. The zero-order valence-electron chi connectivity index (χ0n) is 14.3. The number of hydrogen-bond acceptors (Lipinski definition) is 3. The van der Waals surface area contributed by atoms with Crippen LogP contribution in [0.4, 0.5) is 4.39 Å². The van der Waals surface area contributed by atoms with Crippen LogP contribution >= 0.6 is 0 Å². The van der Waals surface area contributed by atoms with Crippen LogP contribution in [-0.4, -0.2) is 31.0 Å². The van der Waals surface area contributed by atoms with E-state index in [-0.39, 0.29) is 17.8 Å². The minimum Gasteiger partial charge on any atom is -0.496 e. The maximum absolute atomic E-state index is 13.2. The van der Waals surface area contributed by atoms with E-state index in [1.807, 2.05) is 49.2 Å². The number of carbonyl (C=O) groups is 1. The highest BCUT2D eigenvalue weighted by atomic mass is 19.1. The first kappa shape index (κ1) is 17.9. The molecule has 0 saturated heterocycles. The quantitative estimate of drug-likeness (QED) is 0.849. The lowest BCUT2D eigenvalue weighted by Crippen LogP contribution is -2.42. The third-order valence-corrected chi connectivity index (χ3v) is 4.01. The summed E-state index contributed by atoms with van der Waals surface area (Å²) in [5, 5.41) is 2.92. The van der Waals surface area contributed by atoms with Crippen LogP contribution in [0.3, 0.4) is 0 Å². The van der Waals surface area contributed by atoms with Crippen molar-refractivity contribution in [2.75, 3.05) is 14.2 Å². The molecular weight excluding hydrogens is 307 g/mol. The predicted octanol–water partition coefficient (Wildman–Crippen LogP) is 2.97. The smallest absolute Gasteiger partial charge is 0.237 e. The Kier molecular flexibility index (Phi) is 6.32. The van der Waals surface area contributed by atoms with E-state index in [0.29, 0.717) is 13.1 Å². The van der Waals surface area contributed by atoms with E-state index >= 15 is 0 Å². The predicted molar refractivity (Wildman–Crippen MR) is 92.2 cm³/mol. The Labute approximate surface area is 142 Å². The highest BCUT2D eigenvalue weighted by molar-refractivity contribution is 5.81. The molecule has 0 spiro atoms. The van der Waals surface area contributed by atoms with Gasteiger partial charge in [-0.05, 0) is 37.7 Å². The first-order chi connectivity index (χ1) is 11.5. The topological polar surface area (TPSA) is 41.6 Å². The molecule has 5 heteroatoms. The zero-order valence-corrected chi connectivity index (χ0v) is 14.3. The Hall–Kier alpha value is -2.40. The summed E-state index contributed by atoms with van der Waals surface area (Å²) in [6, 6.07) is 13.7. The van der Waals surface area contributed by atoms with Gasteiger partial charge in [-0.3, -0.25) is 9.69 Å². The van der Waals surface area contributed by atoms with Gasteiger partial charge in [-0.2, -0.15) is 0 Å². The molecule has 0 aromatic heterocycles. The van der Waals surface area contributed by atoms with Crippen LogP contribution in [-0.2, 0) is 17.9 Å². The van der Waals surface area contributed by atoms with Crippen LogP contribution in [0.5, 0.6) is 5.75 Å². The second kappa shape index (κ2) is 8.45. The normalized spacial score (nSPS) is 12.0. The van der Waals surface area contributed by atoms with Crippen LogP contribution in [0.2, 0.25) is 0 Å². The molecule has 24 heavy (non-hydrogen) atoms. The number of benzene rings is 2. The fraction of sp³-hybridized carbons (Fsp3) is 0.316. The van der Waals surface area contributed by atoms with Gasteiger partial charge in [0.25, 0.3) is 0 Å². The Balaban J connectivity index is 1.91. The van der Waals surface area contributed by atoms with Gasteiger partial charge < -0.3 is 10.1 Å². The fourth-order valence-electron chi connectivity index (χ4n) is 2.44. The van der Waals surface area contributed by atoms with Crippen molar-refractivity contribution in [3.05, 3.63) is 65.5 Å². The van der Waals surface area contributed by atoms with Gasteiger partial charge in [-0.1, -0.05) is 30.3 Å². The van der Waals surface area contributed by atoms with Crippen LogP contribution in [0.15, 0.2) is 48.5 Å². The van der Waals surface area contributed by atoms with E-state index in [2.05, 4.69) is 5.32 Å². The highest BCUT2D eigenvalue weighted by Crippen LogP contribution is 2.17. The van der Waals surface area contributed by atoms with Crippen LogP contribution in [0.1, 0.15) is 18.1 Å². The highest BCUT2D eigenvalue weighted by Gasteiger charge is 2.18. The zero-order chi connectivity index (χ0) is 17.5. The average molecular weight is 330 g/mol. The van der Waals surface area contributed by atoms with Crippen molar-refractivity contribution in [2.45, 2.75) is 26.1 Å². The largest absolute Gasteiger partial charge is 0.496 e. The maximum atomic E-state index is 13.2. The van der Waals surface area contributed by atoms with Gasteiger partial charge in [0, 0.05) is 18.7 Å². The van der Waals surface area contributed by atoms with Gasteiger partial charge in [0.15, 0.2) is 0 Å². The molecule has 2 aromatic rings. The summed E-state index contributed by atoms with van der Waals surface area (Å²) < 4.78 is 18.5. The number of nitrogens with one attached hydrogen (secondary N) is 1. The molecule has 0 heterocycles. The van der Waals surface area contributed by atoms with Gasteiger partial charge in [-0.15, -0.1) is 0 Å². The molecule has 2 rings (SSSR count). The molecule has 1 unspecified atom stereocenters. The summed E-state index contributed by atoms with van der Waals surface area (Å²) >= 11 is 0. The van der Waals surface area contributed by atoms with Gasteiger partial charge in [0.1, 0.15) is 11.6 Å². The van der Waals surface area contributed by atoms with E-state index in [9.17, 15) is 9.18 Å². The van der Waals surface area contributed by atoms with E-state index in [1.165, 1.54) is 12.1 Å². The number of para-hydroxylation sites is 1. The lowest BCUT2D eigenvalue weighted by molar-refractivity contribution is -0.125. The molecule has 0 bridgehead atoms. The summed E-state index contributed by atoms with van der Waals surface area (Å²) in [7, 11) is 3.45. The summed E-state index contributed by atoms with van der Waals surface area (Å²) in [5.41, 5.74) is 1.76. The molecule has 0 saturated carbocycles. The number of carbonyl (C=O) groups excluding carboxylic acids is 1. The second-order valence-electron chi connectivity index (χ2n) is 5.75. The number of hydrogen-bond donors (Lipinski definition) is 1. The minimum atomic E-state index is -0.331. The summed E-state index contributed by atoms with van der Waals surface area (Å²) in [6.45, 7) is 2.73. The second-order valence-corrected chi connectivity index (χ2v) is 5.75. The van der Waals surface area contributed by atoms with Crippen molar-refractivity contribution < 1.29 is 13.9 Å². The molecule has 0 aliphatic carbocycles. The molecule has 0 aliphatic heterocycles. The molecule has 128 valence electrons. The van der Waals surface area contributed by atoms with Crippen molar-refractivity contribution >= 4 is 5.91 Å². The Morgan fingerprint density at radius 3 is 2.71 bits per heavy atom.